The van der Waals surface area contributed by atoms with Crippen molar-refractivity contribution in [2.45, 2.75) is 6.18 Å². The topological polar surface area (TPSA) is 141 Å². The Morgan fingerprint density at radius 3 is 2.22 bits per heavy atom. The second kappa shape index (κ2) is 9.61. The molecule has 2 heterocycles. The molecule has 0 radical (unpaired) electrons. The number of benzene rings is 2. The summed E-state index contributed by atoms with van der Waals surface area (Å²) in [6.45, 7) is 0. The molecule has 14 heteroatoms. The Bertz CT molecular complexity index is 1420. The molecule has 4 aromatic rings. The van der Waals surface area contributed by atoms with E-state index in [-0.39, 0.29) is 12.1 Å². The van der Waals surface area contributed by atoms with E-state index in [1.165, 1.54) is 6.21 Å². The highest BCUT2D eigenvalue weighted by Gasteiger charge is 2.37. The van der Waals surface area contributed by atoms with Crippen LogP contribution in [-0.4, -0.2) is 30.8 Å². The van der Waals surface area contributed by atoms with Gasteiger partial charge >= 0.3 is 17.6 Å². The lowest BCUT2D eigenvalue weighted by Gasteiger charge is -2.09. The van der Waals surface area contributed by atoms with Gasteiger partial charge in [0.15, 0.2) is 0 Å². The molecular formula is C22H14F3N7O4. The Kier molecular flexibility index (Phi) is 6.41. The van der Waals surface area contributed by atoms with Crippen molar-refractivity contribution in [3.05, 3.63) is 105 Å². The number of alkyl halides is 3. The van der Waals surface area contributed by atoms with Gasteiger partial charge in [-0.2, -0.15) is 23.4 Å². The summed E-state index contributed by atoms with van der Waals surface area (Å²) in [6, 6.07) is 12.9. The highest BCUT2D eigenvalue weighted by atomic mass is 19.4. The Hall–Kier alpha value is -5.14. The normalized spacial score (nSPS) is 11.5. The quantitative estimate of drug-likeness (QED) is 0.210. The third kappa shape index (κ3) is 5.01. The number of nitro groups is 2. The van der Waals surface area contributed by atoms with Crippen molar-refractivity contribution in [3.8, 4) is 16.9 Å². The highest BCUT2D eigenvalue weighted by molar-refractivity contribution is 5.89. The molecule has 4 rings (SSSR count). The molecule has 0 amide bonds. The summed E-state index contributed by atoms with van der Waals surface area (Å²) >= 11 is 0. The summed E-state index contributed by atoms with van der Waals surface area (Å²) in [7, 11) is 0. The average Bonchev–Trinajstić information content (AvgIpc) is 3.28. The summed E-state index contributed by atoms with van der Waals surface area (Å²) < 4.78 is 40.9. The van der Waals surface area contributed by atoms with Crippen molar-refractivity contribution in [2.75, 3.05) is 5.43 Å². The summed E-state index contributed by atoms with van der Waals surface area (Å²) in [6.07, 6.45) is 0.879. The Morgan fingerprint density at radius 2 is 1.67 bits per heavy atom. The second-order valence-corrected chi connectivity index (χ2v) is 7.23. The molecule has 2 aromatic carbocycles. The molecule has 0 bridgehead atoms. The molecule has 0 aliphatic carbocycles. The molecule has 1 N–H and O–H groups in total. The lowest BCUT2D eigenvalue weighted by Crippen LogP contribution is -2.09. The first-order valence-corrected chi connectivity index (χ1v) is 10.0. The SMILES string of the molecule is O=[N+]([O-])c1cc(C(F)(F)F)cc([N+](=O)[O-])c1N/N=C/c1cn(-c2ccccc2)nc1-c1cccnc1. The fraction of sp³-hybridized carbons (Fsp3) is 0.0455. The minimum absolute atomic E-state index is 0.208. The molecule has 2 aromatic heterocycles. The number of hydrogen-bond donors (Lipinski definition) is 1. The highest BCUT2D eigenvalue weighted by Crippen LogP contribution is 2.41. The molecule has 0 atom stereocenters. The summed E-state index contributed by atoms with van der Waals surface area (Å²) in [5.74, 6) is 0. The van der Waals surface area contributed by atoms with Gasteiger partial charge in [0.2, 0.25) is 5.69 Å². The van der Waals surface area contributed by atoms with Crippen molar-refractivity contribution in [2.24, 2.45) is 5.10 Å². The Labute approximate surface area is 199 Å². The fourth-order valence-corrected chi connectivity index (χ4v) is 3.27. The zero-order chi connectivity index (χ0) is 25.9. The monoisotopic (exact) mass is 497 g/mol. The number of nitrogens with one attached hydrogen (secondary N) is 1. The molecule has 182 valence electrons. The van der Waals surface area contributed by atoms with E-state index in [9.17, 15) is 33.4 Å². The minimum atomic E-state index is -5.03. The van der Waals surface area contributed by atoms with Gasteiger partial charge in [-0.15, -0.1) is 0 Å². The number of halogens is 3. The number of para-hydroxylation sites is 1. The lowest BCUT2D eigenvalue weighted by molar-refractivity contribution is -0.392. The predicted molar refractivity (Wildman–Crippen MR) is 123 cm³/mol. The van der Waals surface area contributed by atoms with Crippen LogP contribution in [0.15, 0.2) is 78.3 Å². The van der Waals surface area contributed by atoms with Gasteiger partial charge in [-0.25, -0.2) is 4.68 Å². The van der Waals surface area contributed by atoms with Crippen LogP contribution in [-0.2, 0) is 6.18 Å². The van der Waals surface area contributed by atoms with Gasteiger partial charge in [0, 0.05) is 41.9 Å². The van der Waals surface area contributed by atoms with Gasteiger partial charge in [-0.1, -0.05) is 18.2 Å². The standard InChI is InChI=1S/C22H14F3N7O4/c23-22(24,25)16-9-18(31(33)34)21(19(10-16)32(35)36)28-27-12-15-13-30(17-6-2-1-3-7-17)29-20(15)14-5-4-8-26-11-14/h1-13,28H/b27-12+. The van der Waals surface area contributed by atoms with Crippen LogP contribution in [0.3, 0.4) is 0 Å². The molecule has 0 spiro atoms. The molecule has 0 saturated heterocycles. The van der Waals surface area contributed by atoms with Crippen molar-refractivity contribution in [1.29, 1.82) is 0 Å². The van der Waals surface area contributed by atoms with Crippen molar-refractivity contribution in [3.63, 3.8) is 0 Å². The number of hydrazone groups is 1. The number of rotatable bonds is 7. The van der Waals surface area contributed by atoms with E-state index >= 15 is 0 Å². The fourth-order valence-electron chi connectivity index (χ4n) is 3.27. The van der Waals surface area contributed by atoms with Gasteiger partial charge in [0.05, 0.1) is 27.3 Å². The number of anilines is 1. The van der Waals surface area contributed by atoms with Gasteiger partial charge in [-0.3, -0.25) is 30.6 Å². The smallest absolute Gasteiger partial charge is 0.266 e. The second-order valence-electron chi connectivity index (χ2n) is 7.23. The number of nitro benzene ring substituents is 2. The van der Waals surface area contributed by atoms with Crippen LogP contribution < -0.4 is 5.43 Å². The Balaban J connectivity index is 1.76. The predicted octanol–water partition coefficient (Wildman–Crippen LogP) is 5.22. The van der Waals surface area contributed by atoms with E-state index in [1.807, 2.05) is 6.07 Å². The summed E-state index contributed by atoms with van der Waals surface area (Å²) in [5, 5.41) is 31.2. The largest absolute Gasteiger partial charge is 0.416 e. The minimum Gasteiger partial charge on any atom is -0.266 e. The molecular weight excluding hydrogens is 483 g/mol. The summed E-state index contributed by atoms with van der Waals surface area (Å²) in [5.41, 5.74) is -0.318. The van der Waals surface area contributed by atoms with Crippen molar-refractivity contribution < 1.29 is 23.0 Å². The van der Waals surface area contributed by atoms with Crippen LogP contribution in [0.25, 0.3) is 16.9 Å². The van der Waals surface area contributed by atoms with E-state index in [4.69, 9.17) is 0 Å². The third-order valence-corrected chi connectivity index (χ3v) is 4.90. The zero-order valence-electron chi connectivity index (χ0n) is 18.0. The molecule has 0 unspecified atom stereocenters. The number of nitrogens with zero attached hydrogens (tertiary/aromatic N) is 6. The maximum Gasteiger partial charge on any atom is 0.416 e. The first-order chi connectivity index (χ1) is 17.1. The molecule has 0 aliphatic heterocycles. The Morgan fingerprint density at radius 1 is 1.00 bits per heavy atom. The maximum absolute atomic E-state index is 13.1. The number of aromatic nitrogens is 3. The van der Waals surface area contributed by atoms with E-state index in [2.05, 4.69) is 20.6 Å². The van der Waals surface area contributed by atoms with Crippen molar-refractivity contribution in [1.82, 2.24) is 14.8 Å². The van der Waals surface area contributed by atoms with Crippen LogP contribution in [0.1, 0.15) is 11.1 Å². The maximum atomic E-state index is 13.1. The van der Waals surface area contributed by atoms with Crippen LogP contribution >= 0.6 is 0 Å². The van der Waals surface area contributed by atoms with E-state index in [0.717, 1.165) is 0 Å². The van der Waals surface area contributed by atoms with Gasteiger partial charge in [0.25, 0.3) is 0 Å². The van der Waals surface area contributed by atoms with Crippen LogP contribution in [0.2, 0.25) is 0 Å². The molecule has 0 aliphatic rings. The number of hydrogen-bond acceptors (Lipinski definition) is 8. The van der Waals surface area contributed by atoms with E-state index < -0.39 is 38.6 Å². The average molecular weight is 497 g/mol. The third-order valence-electron chi connectivity index (χ3n) is 4.90. The first kappa shape index (κ1) is 24.0. The van der Waals surface area contributed by atoms with Crippen LogP contribution in [0.5, 0.6) is 0 Å². The molecule has 0 fully saturated rings. The lowest BCUT2D eigenvalue weighted by atomic mass is 10.1. The summed E-state index contributed by atoms with van der Waals surface area (Å²) in [4.78, 5) is 24.6. The van der Waals surface area contributed by atoms with Gasteiger partial charge in [-0.05, 0) is 24.3 Å². The number of pyridine rings is 1. The van der Waals surface area contributed by atoms with Crippen LogP contribution in [0.4, 0.5) is 30.2 Å². The zero-order valence-corrected chi connectivity index (χ0v) is 18.0. The van der Waals surface area contributed by atoms with E-state index in [0.29, 0.717) is 22.5 Å². The van der Waals surface area contributed by atoms with Gasteiger partial charge in [0.1, 0.15) is 5.69 Å². The molecule has 11 nitrogen and oxygen atoms in total. The molecule has 36 heavy (non-hydrogen) atoms. The van der Waals surface area contributed by atoms with E-state index in [1.54, 1.807) is 59.7 Å². The molecule has 0 saturated carbocycles. The van der Waals surface area contributed by atoms with Gasteiger partial charge < -0.3 is 0 Å². The van der Waals surface area contributed by atoms with Crippen LogP contribution in [0, 0.1) is 20.2 Å². The first-order valence-electron chi connectivity index (χ1n) is 10.0. The van der Waals surface area contributed by atoms with Crippen molar-refractivity contribution >= 4 is 23.3 Å².